The van der Waals surface area contributed by atoms with Gasteiger partial charge in [0.15, 0.2) is 0 Å². The average molecular weight is 546 g/mol. The molecule has 38 heavy (non-hydrogen) atoms. The van der Waals surface area contributed by atoms with Crippen molar-refractivity contribution >= 4 is 40.9 Å². The Labute approximate surface area is 231 Å². The summed E-state index contributed by atoms with van der Waals surface area (Å²) in [6.07, 6.45) is 0. The van der Waals surface area contributed by atoms with Gasteiger partial charge in [-0.3, -0.25) is 4.79 Å². The predicted octanol–water partition coefficient (Wildman–Crippen LogP) is 6.86. The van der Waals surface area contributed by atoms with Crippen molar-refractivity contribution in [3.05, 3.63) is 106 Å². The van der Waals surface area contributed by atoms with Gasteiger partial charge in [-0.2, -0.15) is 4.98 Å². The van der Waals surface area contributed by atoms with Crippen LogP contribution in [0.15, 0.2) is 89.2 Å². The molecule has 1 unspecified atom stereocenters. The molecule has 2 N–H and O–H groups in total. The van der Waals surface area contributed by atoms with Crippen molar-refractivity contribution in [3.8, 4) is 5.75 Å². The van der Waals surface area contributed by atoms with E-state index in [1.165, 1.54) is 11.8 Å². The minimum Gasteiger partial charge on any atom is -0.494 e. The highest BCUT2D eigenvalue weighted by molar-refractivity contribution is 7.98. The van der Waals surface area contributed by atoms with Crippen LogP contribution < -0.4 is 15.4 Å². The molecule has 1 aliphatic heterocycles. The number of aryl methyl sites for hydroxylation is 1. The summed E-state index contributed by atoms with van der Waals surface area (Å²) in [7, 11) is 0. The van der Waals surface area contributed by atoms with E-state index in [0.29, 0.717) is 45.5 Å². The minimum absolute atomic E-state index is 0.219. The van der Waals surface area contributed by atoms with E-state index in [4.69, 9.17) is 26.4 Å². The van der Waals surface area contributed by atoms with Gasteiger partial charge in [-0.15, -0.1) is 5.10 Å². The van der Waals surface area contributed by atoms with Gasteiger partial charge in [-0.05, 0) is 56.2 Å². The molecule has 194 valence electrons. The molecule has 1 atom stereocenters. The first kappa shape index (κ1) is 25.9. The number of anilines is 2. The number of hydrogen-bond donors (Lipinski definition) is 2. The molecule has 1 aromatic heterocycles. The van der Waals surface area contributed by atoms with Crippen molar-refractivity contribution in [2.75, 3.05) is 17.2 Å². The summed E-state index contributed by atoms with van der Waals surface area (Å²) in [6, 6.07) is 22.7. The second-order valence-corrected chi connectivity index (χ2v) is 10.3. The summed E-state index contributed by atoms with van der Waals surface area (Å²) in [5.74, 6) is 1.66. The van der Waals surface area contributed by atoms with Crippen LogP contribution in [0.25, 0.3) is 0 Å². The number of fused-ring (bicyclic) bond motifs is 1. The van der Waals surface area contributed by atoms with E-state index in [9.17, 15) is 4.79 Å². The minimum atomic E-state index is -0.541. The largest absolute Gasteiger partial charge is 0.494 e. The standard InChI is InChI=1S/C29H28ClN5O2S/c1-4-37-24-15-8-6-13-22(24)26-25(27(36)32-21-12-9-10-18(2)16-21)19(3)31-28-33-29(34-35(26)28)38-17-20-11-5-7-14-23(20)30/h5-16,26H,4,17H2,1-3H3,(H,32,36)(H,31,33,34). The quantitative estimate of drug-likeness (QED) is 0.235. The summed E-state index contributed by atoms with van der Waals surface area (Å²) < 4.78 is 7.74. The molecule has 0 aliphatic carbocycles. The third-order valence-corrected chi connectivity index (χ3v) is 7.44. The lowest BCUT2D eigenvalue weighted by Crippen LogP contribution is -2.31. The second-order valence-electron chi connectivity index (χ2n) is 8.90. The van der Waals surface area contributed by atoms with Gasteiger partial charge in [0.1, 0.15) is 11.8 Å². The van der Waals surface area contributed by atoms with Gasteiger partial charge in [0.2, 0.25) is 11.1 Å². The Bertz CT molecular complexity index is 1520. The first-order chi connectivity index (χ1) is 18.4. The number of allylic oxidation sites excluding steroid dienone is 1. The van der Waals surface area contributed by atoms with Crippen LogP contribution in [0.5, 0.6) is 5.75 Å². The Morgan fingerprint density at radius 1 is 1.11 bits per heavy atom. The fourth-order valence-corrected chi connectivity index (χ4v) is 5.56. The van der Waals surface area contributed by atoms with Gasteiger partial charge >= 0.3 is 0 Å². The molecular weight excluding hydrogens is 518 g/mol. The Morgan fingerprint density at radius 3 is 2.68 bits per heavy atom. The number of carbonyl (C=O) groups excluding carboxylic acids is 1. The van der Waals surface area contributed by atoms with E-state index in [-0.39, 0.29) is 5.91 Å². The number of halogens is 1. The zero-order valence-electron chi connectivity index (χ0n) is 21.4. The van der Waals surface area contributed by atoms with Gasteiger partial charge in [0.25, 0.3) is 5.91 Å². The van der Waals surface area contributed by atoms with Crippen LogP contribution >= 0.6 is 23.4 Å². The molecule has 5 rings (SSSR count). The number of aromatic nitrogens is 3. The van der Waals surface area contributed by atoms with Crippen molar-refractivity contribution < 1.29 is 9.53 Å². The highest BCUT2D eigenvalue weighted by Crippen LogP contribution is 2.40. The predicted molar refractivity (Wildman–Crippen MR) is 153 cm³/mol. The molecular formula is C29H28ClN5O2S. The number of nitrogens with one attached hydrogen (secondary N) is 2. The molecule has 3 aromatic carbocycles. The van der Waals surface area contributed by atoms with Crippen molar-refractivity contribution in [1.29, 1.82) is 0 Å². The number of ether oxygens (including phenoxy) is 1. The molecule has 9 heteroatoms. The van der Waals surface area contributed by atoms with Gasteiger partial charge < -0.3 is 15.4 Å². The summed E-state index contributed by atoms with van der Waals surface area (Å²) in [5.41, 5.74) is 4.87. The molecule has 4 aromatic rings. The number of thioether (sulfide) groups is 1. The Balaban J connectivity index is 1.53. The number of nitrogens with zero attached hydrogens (tertiary/aromatic N) is 3. The highest BCUT2D eigenvalue weighted by atomic mass is 35.5. The fourth-order valence-electron chi connectivity index (χ4n) is 4.45. The third-order valence-electron chi connectivity index (χ3n) is 6.18. The molecule has 0 bridgehead atoms. The molecule has 0 saturated heterocycles. The lowest BCUT2D eigenvalue weighted by Gasteiger charge is -2.29. The van der Waals surface area contributed by atoms with Crippen LogP contribution in [-0.2, 0) is 10.5 Å². The number of amides is 1. The third kappa shape index (κ3) is 5.42. The van der Waals surface area contributed by atoms with E-state index >= 15 is 0 Å². The smallest absolute Gasteiger partial charge is 0.255 e. The van der Waals surface area contributed by atoms with Crippen molar-refractivity contribution in [2.45, 2.75) is 37.7 Å². The molecule has 1 aliphatic rings. The van der Waals surface area contributed by atoms with E-state index in [2.05, 4.69) is 10.6 Å². The SMILES string of the molecule is CCOc1ccccc1C1C(C(=O)Nc2cccc(C)c2)=C(C)Nc2nc(SCc3ccccc3Cl)nn21. The first-order valence-electron chi connectivity index (χ1n) is 12.3. The van der Waals surface area contributed by atoms with Crippen molar-refractivity contribution in [1.82, 2.24) is 14.8 Å². The number of benzene rings is 3. The molecule has 7 nitrogen and oxygen atoms in total. The maximum absolute atomic E-state index is 13.8. The molecule has 2 heterocycles. The first-order valence-corrected chi connectivity index (χ1v) is 13.7. The van der Waals surface area contributed by atoms with E-state index in [1.807, 2.05) is 93.6 Å². The molecule has 0 radical (unpaired) electrons. The van der Waals surface area contributed by atoms with Crippen molar-refractivity contribution in [3.63, 3.8) is 0 Å². The normalized spacial score (nSPS) is 14.6. The average Bonchev–Trinajstić information content (AvgIpc) is 3.30. The van der Waals surface area contributed by atoms with Gasteiger partial charge in [0.05, 0.1) is 12.2 Å². The molecule has 0 spiro atoms. The summed E-state index contributed by atoms with van der Waals surface area (Å²) in [6.45, 7) is 6.32. The van der Waals surface area contributed by atoms with Crippen LogP contribution in [0, 0.1) is 6.92 Å². The fraction of sp³-hybridized carbons (Fsp3) is 0.207. The summed E-state index contributed by atoms with van der Waals surface area (Å²) in [5, 5.41) is 12.5. The van der Waals surface area contributed by atoms with E-state index in [1.54, 1.807) is 4.68 Å². The monoisotopic (exact) mass is 545 g/mol. The summed E-state index contributed by atoms with van der Waals surface area (Å²) in [4.78, 5) is 18.5. The Kier molecular flexibility index (Phi) is 7.72. The Morgan fingerprint density at radius 2 is 1.89 bits per heavy atom. The maximum Gasteiger partial charge on any atom is 0.255 e. The number of para-hydroxylation sites is 1. The van der Waals surface area contributed by atoms with Crippen LogP contribution in [0.3, 0.4) is 0 Å². The van der Waals surface area contributed by atoms with Gasteiger partial charge in [0, 0.05) is 27.7 Å². The molecule has 0 fully saturated rings. The number of rotatable bonds is 8. The van der Waals surface area contributed by atoms with Crippen LogP contribution in [-0.4, -0.2) is 27.3 Å². The second kappa shape index (κ2) is 11.3. The lowest BCUT2D eigenvalue weighted by atomic mass is 9.94. The van der Waals surface area contributed by atoms with Crippen LogP contribution in [0.2, 0.25) is 5.02 Å². The van der Waals surface area contributed by atoms with E-state index in [0.717, 1.165) is 22.4 Å². The van der Waals surface area contributed by atoms with Crippen molar-refractivity contribution in [2.24, 2.45) is 0 Å². The topological polar surface area (TPSA) is 81.1 Å². The Hall–Kier alpha value is -3.75. The number of carbonyl (C=O) groups is 1. The zero-order valence-corrected chi connectivity index (χ0v) is 22.9. The number of hydrogen-bond acceptors (Lipinski definition) is 6. The molecule has 1 amide bonds. The van der Waals surface area contributed by atoms with Crippen LogP contribution in [0.1, 0.15) is 36.6 Å². The zero-order chi connectivity index (χ0) is 26.6. The highest BCUT2D eigenvalue weighted by Gasteiger charge is 2.36. The molecule has 0 saturated carbocycles. The van der Waals surface area contributed by atoms with Gasteiger partial charge in [-0.25, -0.2) is 4.68 Å². The lowest BCUT2D eigenvalue weighted by molar-refractivity contribution is -0.113. The maximum atomic E-state index is 13.8. The van der Waals surface area contributed by atoms with E-state index < -0.39 is 6.04 Å². The summed E-state index contributed by atoms with van der Waals surface area (Å²) >= 11 is 7.84. The van der Waals surface area contributed by atoms with Gasteiger partial charge in [-0.1, -0.05) is 71.9 Å². The van der Waals surface area contributed by atoms with Crippen LogP contribution in [0.4, 0.5) is 11.6 Å².